The number of aliphatic carboxylic acids is 1. The predicted molar refractivity (Wildman–Crippen MR) is 72.9 cm³/mol. The Morgan fingerprint density at radius 2 is 1.95 bits per heavy atom. The minimum Gasteiger partial charge on any atom is -0.481 e. The molecule has 0 atom stereocenters. The molecule has 5 heteroatoms. The van der Waals surface area contributed by atoms with Crippen molar-refractivity contribution in [3.63, 3.8) is 0 Å². The fourth-order valence-corrected chi connectivity index (χ4v) is 2.78. The van der Waals surface area contributed by atoms with Gasteiger partial charge in [-0.15, -0.1) is 0 Å². The first-order valence-electron chi connectivity index (χ1n) is 7.15. The fraction of sp³-hybridized carbons (Fsp3) is 0.600. The molecule has 1 aromatic rings. The molecule has 1 N–H and O–H groups in total. The van der Waals surface area contributed by atoms with Crippen LogP contribution in [0, 0.1) is 11.8 Å². The molecule has 1 aliphatic carbocycles. The average molecular weight is 279 g/mol. The van der Waals surface area contributed by atoms with Crippen molar-refractivity contribution >= 4 is 11.9 Å². The van der Waals surface area contributed by atoms with Gasteiger partial charge in [0.1, 0.15) is 5.76 Å². The molecule has 0 aliphatic heterocycles. The summed E-state index contributed by atoms with van der Waals surface area (Å²) in [5, 5.41) is 8.98. The second-order valence-corrected chi connectivity index (χ2v) is 5.32. The van der Waals surface area contributed by atoms with Crippen molar-refractivity contribution in [1.29, 1.82) is 0 Å². The third kappa shape index (κ3) is 3.40. The molecule has 1 heterocycles. The summed E-state index contributed by atoms with van der Waals surface area (Å²) in [6, 6.07) is 3.67. The van der Waals surface area contributed by atoms with Crippen LogP contribution < -0.4 is 0 Å². The smallest absolute Gasteiger partial charge is 0.306 e. The molecule has 0 saturated heterocycles. The number of amides is 1. The molecule has 2 rings (SSSR count). The van der Waals surface area contributed by atoms with Gasteiger partial charge in [-0.2, -0.15) is 0 Å². The van der Waals surface area contributed by atoms with Crippen molar-refractivity contribution in [2.45, 2.75) is 39.2 Å². The van der Waals surface area contributed by atoms with Crippen LogP contribution in [-0.4, -0.2) is 28.4 Å². The number of hydrogen-bond acceptors (Lipinski definition) is 3. The van der Waals surface area contributed by atoms with Gasteiger partial charge in [0.2, 0.25) is 5.91 Å². The van der Waals surface area contributed by atoms with Crippen molar-refractivity contribution in [3.8, 4) is 0 Å². The Bertz CT molecular complexity index is 446. The van der Waals surface area contributed by atoms with E-state index in [1.54, 1.807) is 11.2 Å². The van der Waals surface area contributed by atoms with Gasteiger partial charge in [0.15, 0.2) is 0 Å². The molecule has 0 radical (unpaired) electrons. The molecule has 0 aromatic carbocycles. The van der Waals surface area contributed by atoms with Gasteiger partial charge in [-0.25, -0.2) is 0 Å². The first-order chi connectivity index (χ1) is 9.61. The summed E-state index contributed by atoms with van der Waals surface area (Å²) >= 11 is 0. The number of rotatable bonds is 5. The van der Waals surface area contributed by atoms with Crippen LogP contribution in [0.2, 0.25) is 0 Å². The zero-order chi connectivity index (χ0) is 14.5. The Hall–Kier alpha value is -1.78. The van der Waals surface area contributed by atoms with E-state index in [1.165, 1.54) is 0 Å². The van der Waals surface area contributed by atoms with E-state index in [2.05, 4.69) is 0 Å². The van der Waals surface area contributed by atoms with Crippen LogP contribution in [0.15, 0.2) is 22.8 Å². The number of nitrogens with zero attached hydrogens (tertiary/aromatic N) is 1. The van der Waals surface area contributed by atoms with Crippen molar-refractivity contribution in [2.75, 3.05) is 6.54 Å². The lowest BCUT2D eigenvalue weighted by Crippen LogP contribution is -2.37. The van der Waals surface area contributed by atoms with E-state index in [9.17, 15) is 9.59 Å². The summed E-state index contributed by atoms with van der Waals surface area (Å²) in [7, 11) is 0. The molecule has 1 amide bonds. The van der Waals surface area contributed by atoms with E-state index in [0.29, 0.717) is 38.8 Å². The first kappa shape index (κ1) is 14.6. The summed E-state index contributed by atoms with van der Waals surface area (Å²) < 4.78 is 5.28. The monoisotopic (exact) mass is 279 g/mol. The average Bonchev–Trinajstić information content (AvgIpc) is 2.97. The van der Waals surface area contributed by atoms with Gasteiger partial charge in [0, 0.05) is 12.5 Å². The molecule has 0 unspecified atom stereocenters. The fourth-order valence-electron chi connectivity index (χ4n) is 2.78. The Kier molecular flexibility index (Phi) is 4.82. The van der Waals surface area contributed by atoms with Crippen LogP contribution in [-0.2, 0) is 16.1 Å². The van der Waals surface area contributed by atoms with Crippen LogP contribution in [0.3, 0.4) is 0 Å². The highest BCUT2D eigenvalue weighted by atomic mass is 16.4. The maximum atomic E-state index is 12.5. The molecule has 1 saturated carbocycles. The second kappa shape index (κ2) is 6.59. The third-order valence-electron chi connectivity index (χ3n) is 4.05. The lowest BCUT2D eigenvalue weighted by molar-refractivity contribution is -0.145. The molecule has 5 nitrogen and oxygen atoms in total. The largest absolute Gasteiger partial charge is 0.481 e. The number of carboxylic acids is 1. The van der Waals surface area contributed by atoms with E-state index in [4.69, 9.17) is 9.52 Å². The molecule has 1 aromatic heterocycles. The van der Waals surface area contributed by atoms with Crippen LogP contribution in [0.5, 0.6) is 0 Å². The normalized spacial score (nSPS) is 22.4. The van der Waals surface area contributed by atoms with E-state index in [1.807, 2.05) is 19.1 Å². The highest BCUT2D eigenvalue weighted by Gasteiger charge is 2.31. The molecule has 20 heavy (non-hydrogen) atoms. The lowest BCUT2D eigenvalue weighted by Gasteiger charge is -2.30. The van der Waals surface area contributed by atoms with Crippen LogP contribution >= 0.6 is 0 Å². The number of furan rings is 1. The van der Waals surface area contributed by atoms with E-state index in [0.717, 1.165) is 5.76 Å². The zero-order valence-corrected chi connectivity index (χ0v) is 11.7. The van der Waals surface area contributed by atoms with Crippen molar-refractivity contribution in [1.82, 2.24) is 4.90 Å². The van der Waals surface area contributed by atoms with Gasteiger partial charge in [-0.3, -0.25) is 9.59 Å². The number of carbonyl (C=O) groups is 2. The Balaban J connectivity index is 1.91. The molecular weight excluding hydrogens is 258 g/mol. The first-order valence-corrected chi connectivity index (χ1v) is 7.15. The molecule has 110 valence electrons. The topological polar surface area (TPSA) is 70.8 Å². The highest BCUT2D eigenvalue weighted by molar-refractivity contribution is 5.79. The zero-order valence-electron chi connectivity index (χ0n) is 11.7. The van der Waals surface area contributed by atoms with E-state index in [-0.39, 0.29) is 17.7 Å². The minimum atomic E-state index is -0.737. The van der Waals surface area contributed by atoms with Crippen molar-refractivity contribution in [3.05, 3.63) is 24.2 Å². The van der Waals surface area contributed by atoms with Crippen molar-refractivity contribution in [2.24, 2.45) is 11.8 Å². The Morgan fingerprint density at radius 1 is 1.30 bits per heavy atom. The summed E-state index contributed by atoms with van der Waals surface area (Å²) in [5.74, 6) is -0.161. The van der Waals surface area contributed by atoms with Crippen LogP contribution in [0.4, 0.5) is 0 Å². The van der Waals surface area contributed by atoms with Gasteiger partial charge in [0.25, 0.3) is 0 Å². The summed E-state index contributed by atoms with van der Waals surface area (Å²) in [6.45, 7) is 3.07. The maximum Gasteiger partial charge on any atom is 0.306 e. The van der Waals surface area contributed by atoms with Crippen LogP contribution in [0.1, 0.15) is 38.4 Å². The Morgan fingerprint density at radius 3 is 2.45 bits per heavy atom. The lowest BCUT2D eigenvalue weighted by atomic mass is 9.81. The molecule has 1 aliphatic rings. The molecular formula is C15H21NO4. The summed E-state index contributed by atoms with van der Waals surface area (Å²) in [6.07, 6.45) is 4.15. The van der Waals surface area contributed by atoms with Gasteiger partial charge in [-0.1, -0.05) is 0 Å². The van der Waals surface area contributed by atoms with E-state index < -0.39 is 5.97 Å². The molecule has 0 bridgehead atoms. The van der Waals surface area contributed by atoms with Crippen LogP contribution in [0.25, 0.3) is 0 Å². The Labute approximate surface area is 118 Å². The third-order valence-corrected chi connectivity index (χ3v) is 4.05. The SMILES string of the molecule is CCN(Cc1ccco1)C(=O)C1CCC(C(=O)O)CC1. The number of hydrogen-bond donors (Lipinski definition) is 1. The minimum absolute atomic E-state index is 0.0412. The maximum absolute atomic E-state index is 12.5. The highest BCUT2D eigenvalue weighted by Crippen LogP contribution is 2.30. The quantitative estimate of drug-likeness (QED) is 0.899. The van der Waals surface area contributed by atoms with E-state index >= 15 is 0 Å². The number of carbonyl (C=O) groups excluding carboxylic acids is 1. The second-order valence-electron chi connectivity index (χ2n) is 5.32. The van der Waals surface area contributed by atoms with Gasteiger partial charge >= 0.3 is 5.97 Å². The van der Waals surface area contributed by atoms with Gasteiger partial charge in [0.05, 0.1) is 18.7 Å². The van der Waals surface area contributed by atoms with Crippen molar-refractivity contribution < 1.29 is 19.1 Å². The summed E-state index contributed by atoms with van der Waals surface area (Å²) in [4.78, 5) is 25.2. The number of carboxylic acid groups (broad SMARTS) is 1. The molecule has 1 fully saturated rings. The summed E-state index contributed by atoms with van der Waals surface area (Å²) in [5.41, 5.74) is 0. The van der Waals surface area contributed by atoms with Gasteiger partial charge < -0.3 is 14.4 Å². The van der Waals surface area contributed by atoms with Gasteiger partial charge in [-0.05, 0) is 44.7 Å². The predicted octanol–water partition coefficient (Wildman–Crippen LogP) is 2.52. The standard InChI is InChI=1S/C15H21NO4/c1-2-16(10-13-4-3-9-20-13)14(17)11-5-7-12(8-6-11)15(18)19/h3-4,9,11-12H,2,5-8,10H2,1H3,(H,18,19). The molecule has 0 spiro atoms.